The Morgan fingerprint density at radius 2 is 1.87 bits per heavy atom. The Kier molecular flexibility index (Phi) is 6.59. The average molecular weight is 336 g/mol. The van der Waals surface area contributed by atoms with Gasteiger partial charge in [-0.2, -0.15) is 5.06 Å². The molecule has 0 radical (unpaired) electrons. The number of carbonyl (C=O) groups is 1. The molecule has 0 saturated heterocycles. The van der Waals surface area contributed by atoms with E-state index < -0.39 is 14.4 Å². The van der Waals surface area contributed by atoms with Crippen molar-refractivity contribution >= 4 is 14.4 Å². The highest BCUT2D eigenvalue weighted by atomic mass is 28.4. The lowest BCUT2D eigenvalue weighted by atomic mass is 10.2. The Hall–Kier alpha value is -1.59. The van der Waals surface area contributed by atoms with Crippen LogP contribution in [-0.4, -0.2) is 25.5 Å². The maximum Gasteiger partial charge on any atom is 0.433 e. The SMILES string of the molecule is C=CC(C)N(O[Si](C)(C)C(C)(C)C)C(=O)OCc1ccccc1. The number of hydrogen-bond donors (Lipinski definition) is 0. The fourth-order valence-corrected chi connectivity index (χ4v) is 2.55. The first-order chi connectivity index (χ1) is 10.6. The molecule has 0 aliphatic rings. The lowest BCUT2D eigenvalue weighted by Crippen LogP contribution is -2.51. The van der Waals surface area contributed by atoms with Gasteiger partial charge in [0.15, 0.2) is 0 Å². The van der Waals surface area contributed by atoms with Crippen LogP contribution in [0.25, 0.3) is 0 Å². The molecular weight excluding hydrogens is 306 g/mol. The highest BCUT2D eigenvalue weighted by molar-refractivity contribution is 6.74. The smallest absolute Gasteiger partial charge is 0.433 e. The Morgan fingerprint density at radius 3 is 2.35 bits per heavy atom. The molecule has 4 nitrogen and oxygen atoms in total. The molecule has 5 heteroatoms. The Balaban J connectivity index is 2.81. The van der Waals surface area contributed by atoms with Crippen LogP contribution >= 0.6 is 0 Å². The van der Waals surface area contributed by atoms with Crippen molar-refractivity contribution in [2.45, 2.75) is 58.5 Å². The summed E-state index contributed by atoms with van der Waals surface area (Å²) in [6.07, 6.45) is 1.20. The molecule has 23 heavy (non-hydrogen) atoms. The highest BCUT2D eigenvalue weighted by Crippen LogP contribution is 2.37. The summed E-state index contributed by atoms with van der Waals surface area (Å²) in [5.74, 6) is 0. The predicted molar refractivity (Wildman–Crippen MR) is 96.4 cm³/mol. The van der Waals surface area contributed by atoms with Gasteiger partial charge < -0.3 is 9.26 Å². The summed E-state index contributed by atoms with van der Waals surface area (Å²) < 4.78 is 11.5. The molecule has 0 aromatic heterocycles. The molecule has 1 aromatic carbocycles. The van der Waals surface area contributed by atoms with E-state index >= 15 is 0 Å². The monoisotopic (exact) mass is 335 g/mol. The standard InChI is InChI=1S/C18H29NO3Si/c1-8-15(2)19(22-23(6,7)18(3,4)5)17(20)21-14-16-12-10-9-11-13-16/h8-13,15H,1,14H2,2-7H3. The molecule has 0 N–H and O–H groups in total. The fourth-order valence-electron chi connectivity index (χ4n) is 1.55. The highest BCUT2D eigenvalue weighted by Gasteiger charge is 2.42. The van der Waals surface area contributed by atoms with Gasteiger partial charge in [-0.3, -0.25) is 0 Å². The second-order valence-electron chi connectivity index (χ2n) is 7.19. The molecule has 0 saturated carbocycles. The predicted octanol–water partition coefficient (Wildman–Crippen LogP) is 5.14. The number of hydroxylamine groups is 2. The first-order valence-electron chi connectivity index (χ1n) is 7.90. The third kappa shape index (κ3) is 5.52. The van der Waals surface area contributed by atoms with Crippen LogP contribution in [0.5, 0.6) is 0 Å². The molecular formula is C18H29NO3Si. The van der Waals surface area contributed by atoms with Gasteiger partial charge in [0.25, 0.3) is 0 Å². The summed E-state index contributed by atoms with van der Waals surface area (Å²) in [6.45, 7) is 16.4. The average Bonchev–Trinajstić information content (AvgIpc) is 2.49. The largest absolute Gasteiger partial charge is 0.443 e. The first-order valence-corrected chi connectivity index (χ1v) is 10.8. The molecule has 0 fully saturated rings. The van der Waals surface area contributed by atoms with Crippen molar-refractivity contribution in [3.8, 4) is 0 Å². The number of rotatable bonds is 6. The van der Waals surface area contributed by atoms with Gasteiger partial charge in [0.1, 0.15) is 6.61 Å². The third-order valence-corrected chi connectivity index (χ3v) is 8.49. The van der Waals surface area contributed by atoms with Gasteiger partial charge in [0.2, 0.25) is 8.32 Å². The van der Waals surface area contributed by atoms with Crippen LogP contribution in [0, 0.1) is 0 Å². The van der Waals surface area contributed by atoms with Crippen molar-refractivity contribution in [3.05, 3.63) is 48.6 Å². The minimum absolute atomic E-state index is 0.00809. The van der Waals surface area contributed by atoms with Crippen molar-refractivity contribution < 1.29 is 14.1 Å². The zero-order valence-corrected chi connectivity index (χ0v) is 16.1. The van der Waals surface area contributed by atoms with Crippen LogP contribution in [0.1, 0.15) is 33.3 Å². The van der Waals surface area contributed by atoms with E-state index in [1.54, 1.807) is 6.08 Å². The lowest BCUT2D eigenvalue weighted by molar-refractivity contribution is -0.0762. The number of benzene rings is 1. The molecule has 0 aliphatic heterocycles. The topological polar surface area (TPSA) is 38.8 Å². The van der Waals surface area contributed by atoms with Gasteiger partial charge in [-0.1, -0.05) is 57.2 Å². The summed E-state index contributed by atoms with van der Waals surface area (Å²) in [7, 11) is -2.14. The third-order valence-electron chi connectivity index (χ3n) is 4.23. The van der Waals surface area contributed by atoms with Gasteiger partial charge in [0, 0.05) is 0 Å². The zero-order valence-electron chi connectivity index (χ0n) is 15.1. The quantitative estimate of drug-likeness (QED) is 0.410. The van der Waals surface area contributed by atoms with Crippen LogP contribution in [0.15, 0.2) is 43.0 Å². The van der Waals surface area contributed by atoms with Crippen LogP contribution in [0.4, 0.5) is 4.79 Å². The van der Waals surface area contributed by atoms with Crippen molar-refractivity contribution in [1.29, 1.82) is 0 Å². The maximum atomic E-state index is 12.5. The van der Waals surface area contributed by atoms with Crippen LogP contribution in [0.3, 0.4) is 0 Å². The molecule has 0 spiro atoms. The summed E-state index contributed by atoms with van der Waals surface area (Å²) in [5, 5.41) is 1.32. The van der Waals surface area contributed by atoms with E-state index in [9.17, 15) is 4.79 Å². The number of hydrogen-bond acceptors (Lipinski definition) is 3. The van der Waals surface area contributed by atoms with Gasteiger partial charge in [0.05, 0.1) is 6.04 Å². The molecule has 0 bridgehead atoms. The molecule has 1 aromatic rings. The van der Waals surface area contributed by atoms with E-state index in [0.29, 0.717) is 0 Å². The Labute approximate surface area is 141 Å². The number of ether oxygens (including phenoxy) is 1. The molecule has 1 atom stereocenters. The Bertz CT molecular complexity index is 523. The van der Waals surface area contributed by atoms with Crippen molar-refractivity contribution in [3.63, 3.8) is 0 Å². The summed E-state index contributed by atoms with van der Waals surface area (Å²) in [4.78, 5) is 12.5. The fraction of sp³-hybridized carbons (Fsp3) is 0.500. The van der Waals surface area contributed by atoms with Crippen molar-refractivity contribution in [2.75, 3.05) is 0 Å². The molecule has 1 unspecified atom stereocenters. The minimum Gasteiger partial charge on any atom is -0.443 e. The van der Waals surface area contributed by atoms with Gasteiger partial charge in [-0.15, -0.1) is 6.58 Å². The lowest BCUT2D eigenvalue weighted by Gasteiger charge is -2.40. The normalized spacial score (nSPS) is 13.3. The number of amides is 1. The molecule has 0 heterocycles. The zero-order chi connectivity index (χ0) is 17.7. The summed E-state index contributed by atoms with van der Waals surface area (Å²) >= 11 is 0. The Morgan fingerprint density at radius 1 is 1.30 bits per heavy atom. The van der Waals surface area contributed by atoms with Crippen molar-refractivity contribution in [2.24, 2.45) is 0 Å². The van der Waals surface area contributed by atoms with Gasteiger partial charge in [-0.25, -0.2) is 4.79 Å². The van der Waals surface area contributed by atoms with E-state index in [1.807, 2.05) is 37.3 Å². The van der Waals surface area contributed by atoms with Gasteiger partial charge >= 0.3 is 6.09 Å². The van der Waals surface area contributed by atoms with Crippen LogP contribution in [0.2, 0.25) is 18.1 Å². The second kappa shape index (κ2) is 7.79. The first kappa shape index (κ1) is 19.5. The van der Waals surface area contributed by atoms with E-state index in [1.165, 1.54) is 5.06 Å². The van der Waals surface area contributed by atoms with Crippen molar-refractivity contribution in [1.82, 2.24) is 5.06 Å². The van der Waals surface area contributed by atoms with Crippen LogP contribution < -0.4 is 0 Å². The van der Waals surface area contributed by atoms with E-state index in [4.69, 9.17) is 9.26 Å². The molecule has 1 rings (SSSR count). The second-order valence-corrected chi connectivity index (χ2v) is 11.9. The van der Waals surface area contributed by atoms with Crippen LogP contribution in [-0.2, 0) is 15.9 Å². The molecule has 0 aliphatic carbocycles. The summed E-state index contributed by atoms with van der Waals surface area (Å²) in [6, 6.07) is 9.34. The van der Waals surface area contributed by atoms with E-state index in [-0.39, 0.29) is 17.7 Å². The molecule has 1 amide bonds. The minimum atomic E-state index is -2.14. The van der Waals surface area contributed by atoms with E-state index in [2.05, 4.69) is 40.4 Å². The molecule has 128 valence electrons. The maximum absolute atomic E-state index is 12.5. The van der Waals surface area contributed by atoms with Gasteiger partial charge in [-0.05, 0) is 30.6 Å². The number of carbonyl (C=O) groups excluding carboxylic acids is 1. The summed E-state index contributed by atoms with van der Waals surface area (Å²) in [5.41, 5.74) is 0.944. The number of nitrogens with zero attached hydrogens (tertiary/aromatic N) is 1. The van der Waals surface area contributed by atoms with E-state index in [0.717, 1.165) is 5.56 Å².